The third-order valence-electron chi connectivity index (χ3n) is 2.75. The number of rotatable bonds is 7. The standard InChI is InChI=1S/C12H14N2O6S/c1-3-8-13(9(2)12(15)16)21(19,20)11-6-4-10(5-7-11)14(17)18/h3-7,9H,1,8H2,2H3,(H,15,16)/t9-/m0/s1. The number of aliphatic carboxylic acids is 1. The molecule has 1 N–H and O–H groups in total. The molecule has 0 fully saturated rings. The van der Waals surface area contributed by atoms with Crippen molar-refractivity contribution in [1.82, 2.24) is 4.31 Å². The molecule has 0 heterocycles. The van der Waals surface area contributed by atoms with Gasteiger partial charge in [0.1, 0.15) is 6.04 Å². The summed E-state index contributed by atoms with van der Waals surface area (Å²) in [5.41, 5.74) is -0.254. The number of carboxylic acids is 1. The minimum atomic E-state index is -4.09. The Balaban J connectivity index is 3.25. The fraction of sp³-hybridized carbons (Fsp3) is 0.250. The van der Waals surface area contributed by atoms with E-state index in [2.05, 4.69) is 6.58 Å². The molecular formula is C12H14N2O6S. The maximum atomic E-state index is 12.4. The quantitative estimate of drug-likeness (QED) is 0.459. The Morgan fingerprint density at radius 3 is 2.38 bits per heavy atom. The average Bonchev–Trinajstić information content (AvgIpc) is 2.43. The van der Waals surface area contributed by atoms with Gasteiger partial charge >= 0.3 is 5.97 Å². The topological polar surface area (TPSA) is 118 Å². The molecule has 1 rings (SSSR count). The first-order chi connectivity index (χ1) is 9.71. The van der Waals surface area contributed by atoms with Crippen LogP contribution in [0.5, 0.6) is 0 Å². The van der Waals surface area contributed by atoms with Crippen molar-refractivity contribution in [3.63, 3.8) is 0 Å². The fourth-order valence-corrected chi connectivity index (χ4v) is 3.15. The van der Waals surface area contributed by atoms with Crippen molar-refractivity contribution in [2.75, 3.05) is 6.54 Å². The molecule has 0 unspecified atom stereocenters. The molecule has 8 nitrogen and oxygen atoms in total. The highest BCUT2D eigenvalue weighted by atomic mass is 32.2. The van der Waals surface area contributed by atoms with E-state index in [0.717, 1.165) is 28.6 Å². The summed E-state index contributed by atoms with van der Waals surface area (Å²) in [7, 11) is -4.09. The molecule has 21 heavy (non-hydrogen) atoms. The SMILES string of the molecule is C=CCN([C@@H](C)C(=O)O)S(=O)(=O)c1ccc([N+](=O)[O-])cc1. The first-order valence-electron chi connectivity index (χ1n) is 5.81. The van der Waals surface area contributed by atoms with Crippen LogP contribution in [0.25, 0.3) is 0 Å². The van der Waals surface area contributed by atoms with Crippen LogP contribution >= 0.6 is 0 Å². The zero-order chi connectivity index (χ0) is 16.2. The molecule has 1 aromatic rings. The second kappa shape index (κ2) is 6.46. The van der Waals surface area contributed by atoms with Crippen LogP contribution in [-0.4, -0.2) is 41.3 Å². The number of hydrogen-bond acceptors (Lipinski definition) is 5. The van der Waals surface area contributed by atoms with Crippen LogP contribution in [0.1, 0.15) is 6.92 Å². The van der Waals surface area contributed by atoms with Gasteiger partial charge in [0.2, 0.25) is 10.0 Å². The number of nitro groups is 1. The predicted octanol–water partition coefficient (Wildman–Crippen LogP) is 1.24. The van der Waals surface area contributed by atoms with Gasteiger partial charge in [-0.1, -0.05) is 6.08 Å². The van der Waals surface area contributed by atoms with E-state index < -0.39 is 27.0 Å². The Morgan fingerprint density at radius 2 is 2.00 bits per heavy atom. The highest BCUT2D eigenvalue weighted by molar-refractivity contribution is 7.89. The molecule has 0 saturated heterocycles. The molecule has 1 aromatic carbocycles. The van der Waals surface area contributed by atoms with Gasteiger partial charge in [0, 0.05) is 18.7 Å². The summed E-state index contributed by atoms with van der Waals surface area (Å²) in [4.78, 5) is 20.7. The first-order valence-corrected chi connectivity index (χ1v) is 7.25. The maximum Gasteiger partial charge on any atom is 0.321 e. The Morgan fingerprint density at radius 1 is 1.48 bits per heavy atom. The molecule has 9 heteroatoms. The van der Waals surface area contributed by atoms with Crippen LogP contribution in [-0.2, 0) is 14.8 Å². The van der Waals surface area contributed by atoms with Crippen molar-refractivity contribution in [2.45, 2.75) is 17.9 Å². The van der Waals surface area contributed by atoms with E-state index in [-0.39, 0.29) is 17.1 Å². The smallest absolute Gasteiger partial charge is 0.321 e. The minimum absolute atomic E-state index is 0.188. The molecule has 0 aliphatic carbocycles. The molecule has 0 aromatic heterocycles. The Labute approximate surface area is 121 Å². The van der Waals surface area contributed by atoms with Crippen molar-refractivity contribution in [3.8, 4) is 0 Å². The van der Waals surface area contributed by atoms with Crippen LogP contribution in [0.2, 0.25) is 0 Å². The third kappa shape index (κ3) is 3.64. The number of carbonyl (C=O) groups is 1. The molecule has 114 valence electrons. The number of hydrogen-bond donors (Lipinski definition) is 1. The van der Waals surface area contributed by atoms with Crippen molar-refractivity contribution in [3.05, 3.63) is 47.0 Å². The zero-order valence-corrected chi connectivity index (χ0v) is 12.0. The Hall–Kier alpha value is -2.26. The van der Waals surface area contributed by atoms with E-state index in [4.69, 9.17) is 5.11 Å². The lowest BCUT2D eigenvalue weighted by atomic mass is 10.3. The largest absolute Gasteiger partial charge is 0.480 e. The lowest BCUT2D eigenvalue weighted by molar-refractivity contribution is -0.384. The number of non-ortho nitro benzene ring substituents is 1. The second-order valence-electron chi connectivity index (χ2n) is 4.13. The average molecular weight is 314 g/mol. The van der Waals surface area contributed by atoms with Crippen LogP contribution in [0.4, 0.5) is 5.69 Å². The predicted molar refractivity (Wildman–Crippen MR) is 74.3 cm³/mol. The fourth-order valence-electron chi connectivity index (χ4n) is 1.59. The summed E-state index contributed by atoms with van der Waals surface area (Å²) in [6, 6.07) is 2.94. The minimum Gasteiger partial charge on any atom is -0.480 e. The van der Waals surface area contributed by atoms with E-state index in [1.165, 1.54) is 13.0 Å². The lowest BCUT2D eigenvalue weighted by Gasteiger charge is -2.24. The van der Waals surface area contributed by atoms with Gasteiger partial charge in [0.15, 0.2) is 0 Å². The third-order valence-corrected chi connectivity index (χ3v) is 4.70. The molecule has 0 amide bonds. The number of nitrogens with zero attached hydrogens (tertiary/aromatic N) is 2. The molecule has 0 radical (unpaired) electrons. The van der Waals surface area contributed by atoms with Crippen LogP contribution in [0.15, 0.2) is 41.8 Å². The Bertz CT molecular complexity index is 653. The van der Waals surface area contributed by atoms with Gasteiger partial charge in [-0.05, 0) is 19.1 Å². The molecule has 0 bridgehead atoms. The molecule has 1 atom stereocenters. The summed E-state index contributed by atoms with van der Waals surface area (Å²) >= 11 is 0. The van der Waals surface area contributed by atoms with Crippen molar-refractivity contribution >= 4 is 21.7 Å². The summed E-state index contributed by atoms with van der Waals surface area (Å²) in [6.45, 7) is 4.44. The lowest BCUT2D eigenvalue weighted by Crippen LogP contribution is -2.43. The number of nitro benzene ring substituents is 1. The highest BCUT2D eigenvalue weighted by Crippen LogP contribution is 2.21. The van der Waals surface area contributed by atoms with Gasteiger partial charge < -0.3 is 5.11 Å². The van der Waals surface area contributed by atoms with Crippen LogP contribution < -0.4 is 0 Å². The van der Waals surface area contributed by atoms with E-state index in [1.54, 1.807) is 0 Å². The maximum absolute atomic E-state index is 12.4. The van der Waals surface area contributed by atoms with Gasteiger partial charge in [-0.3, -0.25) is 14.9 Å². The van der Waals surface area contributed by atoms with E-state index in [1.807, 2.05) is 0 Å². The first kappa shape index (κ1) is 16.8. The summed E-state index contributed by atoms with van der Waals surface area (Å²) in [5, 5.41) is 19.5. The second-order valence-corrected chi connectivity index (χ2v) is 6.02. The molecule has 0 saturated carbocycles. The highest BCUT2D eigenvalue weighted by Gasteiger charge is 2.32. The van der Waals surface area contributed by atoms with E-state index in [0.29, 0.717) is 0 Å². The molecular weight excluding hydrogens is 300 g/mol. The number of sulfonamides is 1. The zero-order valence-electron chi connectivity index (χ0n) is 11.2. The summed E-state index contributed by atoms with van der Waals surface area (Å²) < 4.78 is 25.5. The van der Waals surface area contributed by atoms with Gasteiger partial charge in [-0.25, -0.2) is 8.42 Å². The van der Waals surface area contributed by atoms with Crippen molar-refractivity contribution in [2.24, 2.45) is 0 Å². The van der Waals surface area contributed by atoms with E-state index in [9.17, 15) is 23.3 Å². The van der Waals surface area contributed by atoms with Gasteiger partial charge in [-0.2, -0.15) is 4.31 Å². The van der Waals surface area contributed by atoms with Crippen molar-refractivity contribution in [1.29, 1.82) is 0 Å². The molecule has 0 spiro atoms. The number of carboxylic acid groups (broad SMARTS) is 1. The summed E-state index contributed by atoms with van der Waals surface area (Å²) in [6.07, 6.45) is 1.27. The molecule has 0 aliphatic rings. The molecule has 0 aliphatic heterocycles. The van der Waals surface area contributed by atoms with Gasteiger partial charge in [-0.15, -0.1) is 6.58 Å². The van der Waals surface area contributed by atoms with Gasteiger partial charge in [0.05, 0.1) is 9.82 Å². The Kier molecular flexibility index (Phi) is 5.17. The van der Waals surface area contributed by atoms with Crippen LogP contribution in [0, 0.1) is 10.1 Å². The monoisotopic (exact) mass is 314 g/mol. The van der Waals surface area contributed by atoms with Gasteiger partial charge in [0.25, 0.3) is 5.69 Å². The summed E-state index contributed by atoms with van der Waals surface area (Å²) in [5.74, 6) is -1.30. The number of benzene rings is 1. The van der Waals surface area contributed by atoms with Crippen molar-refractivity contribution < 1.29 is 23.2 Å². The van der Waals surface area contributed by atoms with E-state index >= 15 is 0 Å². The normalized spacial score (nSPS) is 12.9. The van der Waals surface area contributed by atoms with Crippen LogP contribution in [0.3, 0.4) is 0 Å².